The van der Waals surface area contributed by atoms with Crippen molar-refractivity contribution in [3.05, 3.63) is 0 Å². The Morgan fingerprint density at radius 3 is 0.964 bits per heavy atom. The molecule has 0 aliphatic heterocycles. The molecule has 0 aliphatic rings. The summed E-state index contributed by atoms with van der Waals surface area (Å²) in [7, 11) is -0.816. The van der Waals surface area contributed by atoms with E-state index < -0.39 is 7.26 Å². The molecule has 3 unspecified atom stereocenters. The third kappa shape index (κ3) is 13.3. The predicted octanol–water partition coefficient (Wildman–Crippen LogP) is 6.68. The maximum absolute atomic E-state index is 2.57. The fraction of sp³-hybridized carbons (Fsp3) is 1.00. The largest absolute Gasteiger partial charge is 1.00 e. The van der Waals surface area contributed by atoms with Crippen LogP contribution in [-0.2, 0) is 0 Å². The maximum atomic E-state index is 2.57. The molecule has 0 aromatic rings. The molecule has 0 fully saturated rings. The quantitative estimate of drug-likeness (QED) is 0.181. The lowest BCUT2D eigenvalue weighted by atomic mass is 10.0. The van der Waals surface area contributed by atoms with Gasteiger partial charge in [0.15, 0.2) is 0 Å². The monoisotopic (exact) mass is 478 g/mol. The molecular formula is C26H56BrP. The number of hydrogen-bond donors (Lipinski definition) is 0. The van der Waals surface area contributed by atoms with Crippen molar-refractivity contribution >= 4 is 7.26 Å². The Labute approximate surface area is 191 Å². The molecule has 28 heavy (non-hydrogen) atoms. The first kappa shape index (κ1) is 31.1. The molecule has 172 valence electrons. The molecule has 2 heteroatoms. The summed E-state index contributed by atoms with van der Waals surface area (Å²) < 4.78 is 0. The van der Waals surface area contributed by atoms with Gasteiger partial charge < -0.3 is 17.0 Å². The average molecular weight is 480 g/mol. The Hall–Kier alpha value is 0.910. The Morgan fingerprint density at radius 1 is 0.500 bits per heavy atom. The lowest BCUT2D eigenvalue weighted by Crippen LogP contribution is -3.00. The first-order chi connectivity index (χ1) is 13.0. The van der Waals surface area contributed by atoms with E-state index in [1.807, 2.05) is 0 Å². The van der Waals surface area contributed by atoms with Crippen molar-refractivity contribution in [1.29, 1.82) is 0 Å². The first-order valence-corrected chi connectivity index (χ1v) is 15.4. The van der Waals surface area contributed by atoms with E-state index in [-0.39, 0.29) is 17.0 Å². The smallest absolute Gasteiger partial charge is 0.0622 e. The highest BCUT2D eigenvalue weighted by atomic mass is 79.9. The molecule has 0 saturated heterocycles. The summed E-state index contributed by atoms with van der Waals surface area (Å²) in [6, 6.07) is 0. The van der Waals surface area contributed by atoms with Gasteiger partial charge in [0.25, 0.3) is 0 Å². The van der Waals surface area contributed by atoms with Crippen LogP contribution in [-0.4, -0.2) is 24.6 Å². The van der Waals surface area contributed by atoms with Crippen molar-refractivity contribution in [3.63, 3.8) is 0 Å². The van der Waals surface area contributed by atoms with Crippen LogP contribution in [0, 0.1) is 17.8 Å². The van der Waals surface area contributed by atoms with E-state index in [1.165, 1.54) is 83.2 Å². The summed E-state index contributed by atoms with van der Waals surface area (Å²) in [6.45, 7) is 17.1. The van der Waals surface area contributed by atoms with Gasteiger partial charge >= 0.3 is 0 Å². The van der Waals surface area contributed by atoms with Crippen molar-refractivity contribution in [2.24, 2.45) is 17.8 Å². The summed E-state index contributed by atoms with van der Waals surface area (Å²) in [6.07, 6.45) is 23.5. The van der Waals surface area contributed by atoms with E-state index in [1.54, 1.807) is 18.5 Å². The number of halogens is 1. The standard InChI is InChI=1S/C26H56P.BrH/c1-8-15-18-24(11-4)21-27(14-7,22-25(12-5)19-16-9-2)23-26(13-6)20-17-10-3;/h24-26H,8-23H2,1-7H3;1H/q+1;/p-1. The molecule has 0 amide bonds. The molecular weight excluding hydrogens is 423 g/mol. The molecule has 0 saturated carbocycles. The second-order valence-corrected chi connectivity index (χ2v) is 13.9. The summed E-state index contributed by atoms with van der Waals surface area (Å²) in [5.41, 5.74) is 0. The van der Waals surface area contributed by atoms with Crippen LogP contribution in [0.25, 0.3) is 0 Å². The van der Waals surface area contributed by atoms with Gasteiger partial charge in [-0.1, -0.05) is 80.1 Å². The minimum absolute atomic E-state index is 0. The van der Waals surface area contributed by atoms with Crippen LogP contribution in [0.5, 0.6) is 0 Å². The lowest BCUT2D eigenvalue weighted by Gasteiger charge is -2.35. The summed E-state index contributed by atoms with van der Waals surface area (Å²) in [5, 5.41) is 0. The van der Waals surface area contributed by atoms with Gasteiger partial charge in [-0.05, 0) is 63.2 Å². The van der Waals surface area contributed by atoms with Crippen LogP contribution in [0.1, 0.15) is 126 Å². The van der Waals surface area contributed by atoms with Crippen LogP contribution in [0.3, 0.4) is 0 Å². The first-order valence-electron chi connectivity index (χ1n) is 12.9. The average Bonchev–Trinajstić information content (AvgIpc) is 2.70. The van der Waals surface area contributed by atoms with Crippen molar-refractivity contribution in [3.8, 4) is 0 Å². The van der Waals surface area contributed by atoms with Crippen LogP contribution in [0.4, 0.5) is 0 Å². The van der Waals surface area contributed by atoms with E-state index in [0.29, 0.717) is 0 Å². The van der Waals surface area contributed by atoms with Gasteiger partial charge in [-0.15, -0.1) is 0 Å². The van der Waals surface area contributed by atoms with Crippen LogP contribution < -0.4 is 17.0 Å². The van der Waals surface area contributed by atoms with Crippen molar-refractivity contribution in [2.45, 2.75) is 126 Å². The van der Waals surface area contributed by atoms with Crippen molar-refractivity contribution < 1.29 is 17.0 Å². The topological polar surface area (TPSA) is 0 Å². The van der Waals surface area contributed by atoms with Gasteiger partial charge in [-0.2, -0.15) is 0 Å². The number of rotatable bonds is 19. The summed E-state index contributed by atoms with van der Waals surface area (Å²) in [4.78, 5) is 0. The highest BCUT2D eigenvalue weighted by molar-refractivity contribution is 7.75. The molecule has 0 aromatic heterocycles. The molecule has 0 radical (unpaired) electrons. The highest BCUT2D eigenvalue weighted by Crippen LogP contribution is 2.63. The molecule has 0 aromatic carbocycles. The molecule has 0 N–H and O–H groups in total. The van der Waals surface area contributed by atoms with Gasteiger partial charge in [0, 0.05) is 7.26 Å². The molecule has 0 aliphatic carbocycles. The van der Waals surface area contributed by atoms with E-state index in [0.717, 1.165) is 17.8 Å². The van der Waals surface area contributed by atoms with E-state index in [2.05, 4.69) is 48.5 Å². The zero-order chi connectivity index (χ0) is 20.5. The normalized spacial score (nSPS) is 16.8. The maximum Gasteiger partial charge on any atom is 0.0622 e. The van der Waals surface area contributed by atoms with Gasteiger partial charge in [0.1, 0.15) is 0 Å². The Kier molecular flexibility index (Phi) is 22.0. The minimum Gasteiger partial charge on any atom is -1.00 e. The third-order valence-corrected chi connectivity index (χ3v) is 12.5. The fourth-order valence-electron chi connectivity index (χ4n) is 5.01. The number of hydrogen-bond acceptors (Lipinski definition) is 0. The Bertz CT molecular complexity index is 272. The van der Waals surface area contributed by atoms with E-state index >= 15 is 0 Å². The Balaban J connectivity index is 0. The van der Waals surface area contributed by atoms with Gasteiger partial charge in [0.05, 0.1) is 24.6 Å². The van der Waals surface area contributed by atoms with Gasteiger partial charge in [0.2, 0.25) is 0 Å². The molecule has 0 heterocycles. The zero-order valence-electron chi connectivity index (χ0n) is 20.9. The summed E-state index contributed by atoms with van der Waals surface area (Å²) >= 11 is 0. The van der Waals surface area contributed by atoms with E-state index in [9.17, 15) is 0 Å². The summed E-state index contributed by atoms with van der Waals surface area (Å²) in [5.74, 6) is 3.02. The second kappa shape index (κ2) is 19.8. The Morgan fingerprint density at radius 2 is 0.786 bits per heavy atom. The lowest BCUT2D eigenvalue weighted by molar-refractivity contribution is -0.00000643. The highest BCUT2D eigenvalue weighted by Gasteiger charge is 2.41. The van der Waals surface area contributed by atoms with Gasteiger partial charge in [-0.3, -0.25) is 0 Å². The molecule has 0 rings (SSSR count). The SMILES string of the molecule is CCCCC(CC)C[P+](CC)(CC(CC)CCCC)CC(CC)CCCC.[Br-]. The fourth-order valence-corrected chi connectivity index (χ4v) is 10.8. The van der Waals surface area contributed by atoms with Crippen LogP contribution in [0.2, 0.25) is 0 Å². The predicted molar refractivity (Wildman–Crippen MR) is 132 cm³/mol. The number of unbranched alkanes of at least 4 members (excludes halogenated alkanes) is 3. The van der Waals surface area contributed by atoms with Crippen LogP contribution in [0.15, 0.2) is 0 Å². The van der Waals surface area contributed by atoms with Gasteiger partial charge in [-0.25, -0.2) is 0 Å². The minimum atomic E-state index is -0.816. The zero-order valence-corrected chi connectivity index (χ0v) is 23.4. The molecule has 0 nitrogen and oxygen atoms in total. The van der Waals surface area contributed by atoms with E-state index in [4.69, 9.17) is 0 Å². The molecule has 3 atom stereocenters. The van der Waals surface area contributed by atoms with Crippen molar-refractivity contribution in [1.82, 2.24) is 0 Å². The molecule has 0 bridgehead atoms. The van der Waals surface area contributed by atoms with Crippen molar-refractivity contribution in [2.75, 3.05) is 24.6 Å². The second-order valence-electron chi connectivity index (χ2n) is 9.46. The third-order valence-electron chi connectivity index (χ3n) is 7.24. The molecule has 0 spiro atoms. The van der Waals surface area contributed by atoms with Crippen LogP contribution >= 0.6 is 7.26 Å².